The number of hydrogen-bond donors (Lipinski definition) is 2. The Hall–Kier alpha value is -2.35. The second-order valence-electron chi connectivity index (χ2n) is 3.79. The Morgan fingerprint density at radius 1 is 1.44 bits per heavy atom. The summed E-state index contributed by atoms with van der Waals surface area (Å²) in [5.74, 6) is -3.00. The molecule has 2 atom stereocenters. The SMILES string of the molecule is C=CC=CC(C=CC#N)(C(=O)O)C(C)CC(=O)O. The summed E-state index contributed by atoms with van der Waals surface area (Å²) < 4.78 is 0. The van der Waals surface area contributed by atoms with E-state index in [4.69, 9.17) is 10.4 Å². The molecule has 0 aromatic carbocycles. The fraction of sp³-hybridized carbons (Fsp3) is 0.308. The average Bonchev–Trinajstić information content (AvgIpc) is 2.28. The molecule has 0 aliphatic carbocycles. The number of carbonyl (C=O) groups is 2. The number of carboxylic acids is 2. The smallest absolute Gasteiger partial charge is 0.317 e. The zero-order chi connectivity index (χ0) is 14.2. The van der Waals surface area contributed by atoms with E-state index in [0.29, 0.717) is 0 Å². The van der Waals surface area contributed by atoms with Crippen LogP contribution in [0.2, 0.25) is 0 Å². The molecule has 0 heterocycles. The molecule has 0 saturated carbocycles. The molecule has 0 amide bonds. The van der Waals surface area contributed by atoms with Crippen LogP contribution in [-0.2, 0) is 9.59 Å². The van der Waals surface area contributed by atoms with Crippen LogP contribution in [0.15, 0.2) is 37.0 Å². The fourth-order valence-corrected chi connectivity index (χ4v) is 1.57. The molecule has 0 aliphatic rings. The number of rotatable bonds is 7. The molecule has 96 valence electrons. The molecule has 0 aromatic rings. The van der Waals surface area contributed by atoms with Gasteiger partial charge in [-0.1, -0.05) is 37.8 Å². The molecular formula is C13H15NO4. The van der Waals surface area contributed by atoms with Crippen LogP contribution in [0.4, 0.5) is 0 Å². The molecule has 0 rings (SSSR count). The van der Waals surface area contributed by atoms with Crippen molar-refractivity contribution in [2.75, 3.05) is 0 Å². The quantitative estimate of drug-likeness (QED) is 0.531. The van der Waals surface area contributed by atoms with Crippen LogP contribution in [-0.4, -0.2) is 22.2 Å². The van der Waals surface area contributed by atoms with Crippen LogP contribution in [0.1, 0.15) is 13.3 Å². The summed E-state index contributed by atoms with van der Waals surface area (Å²) in [5.41, 5.74) is -1.53. The monoisotopic (exact) mass is 249 g/mol. The molecule has 0 aliphatic heterocycles. The van der Waals surface area contributed by atoms with Gasteiger partial charge in [0.2, 0.25) is 0 Å². The van der Waals surface area contributed by atoms with Crippen molar-refractivity contribution in [3.63, 3.8) is 0 Å². The molecule has 0 aromatic heterocycles. The van der Waals surface area contributed by atoms with E-state index in [1.165, 1.54) is 31.2 Å². The summed E-state index contributed by atoms with van der Waals surface area (Å²) in [6.07, 6.45) is 6.08. The maximum absolute atomic E-state index is 11.4. The standard InChI is InChI=1S/C13H15NO4/c1-3-4-6-13(12(17)18,7-5-8-14)10(2)9-11(15)16/h3-7,10H,1,9H2,2H3,(H,15,16)(H,17,18). The minimum absolute atomic E-state index is 0.316. The molecule has 0 fully saturated rings. The van der Waals surface area contributed by atoms with Gasteiger partial charge in [-0.05, 0) is 5.92 Å². The molecule has 2 unspecified atom stereocenters. The number of nitriles is 1. The van der Waals surface area contributed by atoms with E-state index in [2.05, 4.69) is 6.58 Å². The summed E-state index contributed by atoms with van der Waals surface area (Å²) in [5, 5.41) is 26.6. The predicted octanol–water partition coefficient (Wildman–Crippen LogP) is 1.99. The van der Waals surface area contributed by atoms with E-state index in [0.717, 1.165) is 6.08 Å². The Morgan fingerprint density at radius 2 is 2.06 bits per heavy atom. The number of carboxylic acid groups (broad SMARTS) is 2. The summed E-state index contributed by atoms with van der Waals surface area (Å²) in [4.78, 5) is 22.1. The first-order chi connectivity index (χ1) is 8.40. The van der Waals surface area contributed by atoms with Crippen LogP contribution < -0.4 is 0 Å². The highest BCUT2D eigenvalue weighted by atomic mass is 16.4. The van der Waals surface area contributed by atoms with Gasteiger partial charge in [0.25, 0.3) is 0 Å². The third-order valence-electron chi connectivity index (χ3n) is 2.61. The average molecular weight is 249 g/mol. The van der Waals surface area contributed by atoms with E-state index < -0.39 is 23.3 Å². The second kappa shape index (κ2) is 7.07. The normalized spacial score (nSPS) is 16.0. The highest BCUT2D eigenvalue weighted by Gasteiger charge is 2.39. The molecule has 5 heteroatoms. The molecule has 2 N–H and O–H groups in total. The van der Waals surface area contributed by atoms with Crippen molar-refractivity contribution < 1.29 is 19.8 Å². The topological polar surface area (TPSA) is 98.4 Å². The molecule has 0 saturated heterocycles. The third kappa shape index (κ3) is 3.91. The predicted molar refractivity (Wildman–Crippen MR) is 65.6 cm³/mol. The maximum Gasteiger partial charge on any atom is 0.317 e. The summed E-state index contributed by atoms with van der Waals surface area (Å²) in [6, 6.07) is 1.71. The van der Waals surface area contributed by atoms with Gasteiger partial charge in [0.1, 0.15) is 5.41 Å². The van der Waals surface area contributed by atoms with Gasteiger partial charge in [0, 0.05) is 12.5 Å². The van der Waals surface area contributed by atoms with Crippen LogP contribution >= 0.6 is 0 Å². The number of hydrogen-bond acceptors (Lipinski definition) is 3. The van der Waals surface area contributed by atoms with Crippen LogP contribution in [0, 0.1) is 22.7 Å². The van der Waals surface area contributed by atoms with Crippen molar-refractivity contribution in [3.8, 4) is 6.07 Å². The Balaban J connectivity index is 5.59. The third-order valence-corrected chi connectivity index (χ3v) is 2.61. The lowest BCUT2D eigenvalue weighted by Gasteiger charge is -2.28. The summed E-state index contributed by atoms with van der Waals surface area (Å²) in [7, 11) is 0. The Bertz CT molecular complexity index is 431. The maximum atomic E-state index is 11.4. The van der Waals surface area contributed by atoms with E-state index in [1.54, 1.807) is 6.07 Å². The minimum atomic E-state index is -1.53. The highest BCUT2D eigenvalue weighted by Crippen LogP contribution is 2.34. The summed E-state index contributed by atoms with van der Waals surface area (Å²) in [6.45, 7) is 4.95. The van der Waals surface area contributed by atoms with Crippen molar-refractivity contribution in [3.05, 3.63) is 37.0 Å². The lowest BCUT2D eigenvalue weighted by molar-refractivity contribution is -0.147. The van der Waals surface area contributed by atoms with Gasteiger partial charge in [0.05, 0.1) is 6.07 Å². The Morgan fingerprint density at radius 3 is 2.44 bits per heavy atom. The van der Waals surface area contributed by atoms with Crippen LogP contribution in [0.5, 0.6) is 0 Å². The molecular weight excluding hydrogens is 234 g/mol. The van der Waals surface area contributed by atoms with Crippen molar-refractivity contribution in [1.29, 1.82) is 5.26 Å². The first-order valence-electron chi connectivity index (χ1n) is 5.23. The van der Waals surface area contributed by atoms with Crippen molar-refractivity contribution in [1.82, 2.24) is 0 Å². The van der Waals surface area contributed by atoms with E-state index in [1.807, 2.05) is 0 Å². The van der Waals surface area contributed by atoms with Gasteiger partial charge < -0.3 is 10.2 Å². The van der Waals surface area contributed by atoms with Crippen LogP contribution in [0.3, 0.4) is 0 Å². The largest absolute Gasteiger partial charge is 0.481 e. The molecule has 0 bridgehead atoms. The van der Waals surface area contributed by atoms with Gasteiger partial charge in [-0.3, -0.25) is 9.59 Å². The lowest BCUT2D eigenvalue weighted by Crippen LogP contribution is -2.35. The lowest BCUT2D eigenvalue weighted by atomic mass is 9.74. The van der Waals surface area contributed by atoms with Gasteiger partial charge in [-0.15, -0.1) is 0 Å². The van der Waals surface area contributed by atoms with Crippen molar-refractivity contribution >= 4 is 11.9 Å². The second-order valence-corrected chi connectivity index (χ2v) is 3.79. The van der Waals surface area contributed by atoms with Gasteiger partial charge in [-0.25, -0.2) is 0 Å². The molecule has 0 radical (unpaired) electrons. The van der Waals surface area contributed by atoms with Gasteiger partial charge in [-0.2, -0.15) is 5.26 Å². The van der Waals surface area contributed by atoms with E-state index >= 15 is 0 Å². The van der Waals surface area contributed by atoms with Crippen molar-refractivity contribution in [2.24, 2.45) is 11.3 Å². The van der Waals surface area contributed by atoms with Gasteiger partial charge >= 0.3 is 11.9 Å². The van der Waals surface area contributed by atoms with Gasteiger partial charge in [0.15, 0.2) is 0 Å². The minimum Gasteiger partial charge on any atom is -0.481 e. The number of allylic oxidation sites excluding steroid dienone is 3. The number of nitrogens with zero attached hydrogens (tertiary/aromatic N) is 1. The Labute approximate surface area is 105 Å². The Kier molecular flexibility index (Phi) is 6.15. The van der Waals surface area contributed by atoms with Crippen LogP contribution in [0.25, 0.3) is 0 Å². The molecule has 5 nitrogen and oxygen atoms in total. The highest BCUT2D eigenvalue weighted by molar-refractivity contribution is 5.81. The first kappa shape index (κ1) is 15.7. The zero-order valence-corrected chi connectivity index (χ0v) is 10.0. The molecule has 0 spiro atoms. The fourth-order valence-electron chi connectivity index (χ4n) is 1.57. The van der Waals surface area contributed by atoms with Crippen molar-refractivity contribution in [2.45, 2.75) is 13.3 Å². The van der Waals surface area contributed by atoms with E-state index in [9.17, 15) is 14.7 Å². The zero-order valence-electron chi connectivity index (χ0n) is 10.0. The molecule has 18 heavy (non-hydrogen) atoms. The first-order valence-corrected chi connectivity index (χ1v) is 5.23. The summed E-state index contributed by atoms with van der Waals surface area (Å²) >= 11 is 0. The van der Waals surface area contributed by atoms with E-state index in [-0.39, 0.29) is 6.42 Å². The number of aliphatic carboxylic acids is 2.